The number of hydrogen-bond acceptors (Lipinski definition) is 13. The molecule has 1 aromatic rings. The molecule has 0 saturated carbocycles. The maximum atomic E-state index is 13.9. The molecule has 4 bridgehead atoms. The van der Waals surface area contributed by atoms with E-state index in [1.54, 1.807) is 6.92 Å². The SMILES string of the molecule is COC(=O)C1C(O)C(C)C(O)C(C)C=C/C=C(\C)C(=O)NC2=C(C)C(=O)c3c(c(O)c(C)c(O)c3C2=O)C(=O)C(C)=CC(C)(O)C(O)C(C)C1O. The summed E-state index contributed by atoms with van der Waals surface area (Å²) in [6.45, 7) is 10.4. The molecule has 9 atom stereocenters. The van der Waals surface area contributed by atoms with Gasteiger partial charge in [-0.05, 0) is 46.3 Å². The molecule has 278 valence electrons. The van der Waals surface area contributed by atoms with Crippen LogP contribution in [0.1, 0.15) is 85.1 Å². The molecule has 0 fully saturated rings. The van der Waals surface area contributed by atoms with Gasteiger partial charge in [0.05, 0.1) is 53.9 Å². The number of phenols is 2. The Morgan fingerprint density at radius 2 is 1.31 bits per heavy atom. The lowest BCUT2D eigenvalue weighted by molar-refractivity contribution is -0.168. The lowest BCUT2D eigenvalue weighted by Crippen LogP contribution is -2.53. The Kier molecular flexibility index (Phi) is 12.4. The third-order valence-corrected chi connectivity index (χ3v) is 9.99. The van der Waals surface area contributed by atoms with Crippen molar-refractivity contribution in [3.05, 3.63) is 69.0 Å². The molecule has 14 heteroatoms. The number of benzene rings is 1. The van der Waals surface area contributed by atoms with Gasteiger partial charge in [-0.1, -0.05) is 39.0 Å². The zero-order valence-corrected chi connectivity index (χ0v) is 30.0. The summed E-state index contributed by atoms with van der Waals surface area (Å²) >= 11 is 0. The first kappa shape index (κ1) is 41.0. The van der Waals surface area contributed by atoms with Gasteiger partial charge < -0.3 is 45.8 Å². The first-order valence-electron chi connectivity index (χ1n) is 16.3. The summed E-state index contributed by atoms with van der Waals surface area (Å²) in [6.07, 6.45) is -1.63. The summed E-state index contributed by atoms with van der Waals surface area (Å²) in [5.41, 5.74) is -5.67. The number of amides is 1. The van der Waals surface area contributed by atoms with Gasteiger partial charge in [-0.25, -0.2) is 0 Å². The summed E-state index contributed by atoms with van der Waals surface area (Å²) in [4.78, 5) is 67.6. The van der Waals surface area contributed by atoms with E-state index in [9.17, 15) is 59.7 Å². The molecule has 1 amide bonds. The predicted molar refractivity (Wildman–Crippen MR) is 183 cm³/mol. The number of nitrogens with one attached hydrogen (secondary N) is 1. The van der Waals surface area contributed by atoms with E-state index in [1.807, 2.05) is 0 Å². The molecular formula is C37H47NO13. The smallest absolute Gasteiger partial charge is 0.313 e. The molecule has 0 radical (unpaired) electrons. The van der Waals surface area contributed by atoms with Crippen LogP contribution in [0.3, 0.4) is 0 Å². The number of carbonyl (C=O) groups is 5. The third-order valence-electron chi connectivity index (χ3n) is 9.99. The van der Waals surface area contributed by atoms with Gasteiger partial charge in [0.15, 0.2) is 11.6 Å². The van der Waals surface area contributed by atoms with Crippen molar-refractivity contribution >= 4 is 29.2 Å². The number of phenolic OH excluding ortho intramolecular Hbond substituents is 2. The number of carbonyl (C=O) groups excluding carboxylic acids is 5. The minimum Gasteiger partial charge on any atom is -0.507 e. The second-order valence-corrected chi connectivity index (χ2v) is 13.7. The van der Waals surface area contributed by atoms with Gasteiger partial charge in [0.2, 0.25) is 5.78 Å². The van der Waals surface area contributed by atoms with E-state index in [4.69, 9.17) is 4.74 Å². The van der Waals surface area contributed by atoms with Crippen LogP contribution in [0.4, 0.5) is 0 Å². The van der Waals surface area contributed by atoms with E-state index in [0.717, 1.165) is 20.1 Å². The Labute approximate surface area is 295 Å². The Morgan fingerprint density at radius 1 is 0.784 bits per heavy atom. The number of ether oxygens (including phenoxy) is 1. The number of rotatable bonds is 1. The van der Waals surface area contributed by atoms with Gasteiger partial charge in [0.1, 0.15) is 23.0 Å². The molecule has 9 unspecified atom stereocenters. The fourth-order valence-electron chi connectivity index (χ4n) is 6.50. The van der Waals surface area contributed by atoms with Crippen LogP contribution < -0.4 is 5.32 Å². The summed E-state index contributed by atoms with van der Waals surface area (Å²) in [7, 11) is 1.02. The van der Waals surface area contributed by atoms with E-state index in [1.165, 1.54) is 59.8 Å². The van der Waals surface area contributed by atoms with Crippen molar-refractivity contribution in [3.8, 4) is 11.5 Å². The summed E-state index contributed by atoms with van der Waals surface area (Å²) in [6, 6.07) is 0. The van der Waals surface area contributed by atoms with Crippen molar-refractivity contribution in [2.45, 2.75) is 85.4 Å². The van der Waals surface area contributed by atoms with Crippen molar-refractivity contribution in [1.82, 2.24) is 5.32 Å². The molecule has 8 N–H and O–H groups in total. The number of aliphatic hydroxyl groups excluding tert-OH is 4. The molecular weight excluding hydrogens is 666 g/mol. The Hall–Kier alpha value is -4.47. The highest BCUT2D eigenvalue weighted by Gasteiger charge is 2.47. The van der Waals surface area contributed by atoms with Crippen molar-refractivity contribution in [2.24, 2.45) is 23.7 Å². The second kappa shape index (κ2) is 15.4. The number of aromatic hydroxyl groups is 2. The van der Waals surface area contributed by atoms with Crippen LogP contribution in [0, 0.1) is 30.6 Å². The van der Waals surface area contributed by atoms with Crippen LogP contribution in [-0.4, -0.2) is 102 Å². The number of aliphatic hydroxyl groups is 5. The number of allylic oxidation sites excluding steroid dienone is 5. The Bertz CT molecular complexity index is 1770. The molecule has 1 aromatic carbocycles. The number of Topliss-reactive ketones (excluding diaryl/α,β-unsaturated/α-hetero) is 3. The highest BCUT2D eigenvalue weighted by atomic mass is 16.5. The number of methoxy groups -OCH3 is 1. The number of ketones is 3. The minimum absolute atomic E-state index is 0.0574. The average molecular weight is 714 g/mol. The van der Waals surface area contributed by atoms with E-state index < -0.39 is 117 Å². The molecule has 4 rings (SSSR count). The topological polar surface area (TPSA) is 248 Å². The van der Waals surface area contributed by atoms with Crippen molar-refractivity contribution in [3.63, 3.8) is 0 Å². The van der Waals surface area contributed by atoms with Crippen molar-refractivity contribution in [1.29, 1.82) is 0 Å². The monoisotopic (exact) mass is 713 g/mol. The van der Waals surface area contributed by atoms with Gasteiger partial charge in [-0.15, -0.1) is 0 Å². The maximum absolute atomic E-state index is 13.9. The zero-order valence-electron chi connectivity index (χ0n) is 30.0. The van der Waals surface area contributed by atoms with Crippen LogP contribution in [-0.2, 0) is 14.3 Å². The normalized spacial score (nSPS) is 32.7. The average Bonchev–Trinajstić information content (AvgIpc) is 3.08. The highest BCUT2D eigenvalue weighted by molar-refractivity contribution is 6.32. The molecule has 51 heavy (non-hydrogen) atoms. The minimum atomic E-state index is -2.34. The predicted octanol–water partition coefficient (Wildman–Crippen LogP) is 1.71. The summed E-state index contributed by atoms with van der Waals surface area (Å²) in [5.74, 6) is -11.4. The van der Waals surface area contributed by atoms with Crippen LogP contribution in [0.5, 0.6) is 11.5 Å². The van der Waals surface area contributed by atoms with Gasteiger partial charge in [-0.3, -0.25) is 24.0 Å². The van der Waals surface area contributed by atoms with Gasteiger partial charge in [0.25, 0.3) is 5.91 Å². The lowest BCUT2D eigenvalue weighted by atomic mass is 9.75. The fourth-order valence-corrected chi connectivity index (χ4v) is 6.50. The van der Waals surface area contributed by atoms with E-state index in [2.05, 4.69) is 5.32 Å². The summed E-state index contributed by atoms with van der Waals surface area (Å²) < 4.78 is 4.83. The Morgan fingerprint density at radius 3 is 1.86 bits per heavy atom. The van der Waals surface area contributed by atoms with Crippen molar-refractivity contribution < 1.29 is 64.5 Å². The second-order valence-electron chi connectivity index (χ2n) is 13.7. The quantitative estimate of drug-likeness (QED) is 0.193. The molecule has 1 aliphatic carbocycles. The molecule has 0 aromatic heterocycles. The first-order valence-corrected chi connectivity index (χ1v) is 16.3. The van der Waals surface area contributed by atoms with Crippen LogP contribution in [0.15, 0.2) is 46.7 Å². The van der Waals surface area contributed by atoms with Crippen LogP contribution in [0.2, 0.25) is 0 Å². The number of fused-ring (bicyclic) bond motifs is 15. The van der Waals surface area contributed by atoms with E-state index in [0.29, 0.717) is 0 Å². The molecule has 3 aliphatic rings. The highest BCUT2D eigenvalue weighted by Crippen LogP contribution is 2.43. The fraction of sp³-hybridized carbons (Fsp3) is 0.486. The summed E-state index contributed by atoms with van der Waals surface area (Å²) in [5, 5.41) is 80.8. The van der Waals surface area contributed by atoms with Gasteiger partial charge in [-0.2, -0.15) is 0 Å². The van der Waals surface area contributed by atoms with E-state index in [-0.39, 0.29) is 22.3 Å². The molecule has 2 aliphatic heterocycles. The first-order chi connectivity index (χ1) is 23.5. The molecule has 2 heterocycles. The number of esters is 1. The van der Waals surface area contributed by atoms with Gasteiger partial charge in [0, 0.05) is 34.5 Å². The Balaban J connectivity index is 2.32. The number of hydrogen-bond donors (Lipinski definition) is 8. The zero-order chi connectivity index (χ0) is 39.0. The molecule has 0 spiro atoms. The van der Waals surface area contributed by atoms with Gasteiger partial charge >= 0.3 is 5.97 Å². The molecule has 0 saturated heterocycles. The van der Waals surface area contributed by atoms with Crippen molar-refractivity contribution in [2.75, 3.05) is 7.11 Å². The lowest BCUT2D eigenvalue weighted by Gasteiger charge is -2.38. The third kappa shape index (κ3) is 7.60. The standard InChI is InChI=1S/C37H47NO13/c1-14-11-10-12-15(2)35(48)38-25-17(4)28(41)21-22(29(42)19(6)30(43)23(21)33(25)46)27(40)16(3)13-37(8,50)34(47)20(7)32(45)24(36(49)51-9)31(44)18(5)26(14)39/h10-14,18,20,24,26,31-32,34,39,42-45,47,50H,1-9H3,(H,38,48)/b11-10?,15-12+,16-13?. The molecule has 14 nitrogen and oxygen atoms in total. The van der Waals surface area contributed by atoms with Crippen LogP contribution in [0.25, 0.3) is 0 Å². The van der Waals surface area contributed by atoms with Crippen LogP contribution >= 0.6 is 0 Å². The van der Waals surface area contributed by atoms with E-state index >= 15 is 0 Å². The largest absolute Gasteiger partial charge is 0.507 e. The maximum Gasteiger partial charge on any atom is 0.313 e.